The number of aromatic nitrogens is 1. The number of rotatable bonds is 2. The van der Waals surface area contributed by atoms with E-state index in [1.807, 2.05) is 6.07 Å². The third kappa shape index (κ3) is 1.47. The minimum Gasteiger partial charge on any atom is -0.357 e. The molecule has 14 heavy (non-hydrogen) atoms. The first-order chi connectivity index (χ1) is 6.74. The van der Waals surface area contributed by atoms with Crippen LogP contribution >= 0.6 is 15.9 Å². The van der Waals surface area contributed by atoms with E-state index < -0.39 is 0 Å². The maximum Gasteiger partial charge on any atom is 0.0603 e. The lowest BCUT2D eigenvalue weighted by Crippen LogP contribution is -2.03. The van der Waals surface area contributed by atoms with Crippen molar-refractivity contribution in [1.82, 2.24) is 4.98 Å². The predicted molar refractivity (Wildman–Crippen MR) is 63.5 cm³/mol. The monoisotopic (exact) mass is 252 g/mol. The lowest BCUT2D eigenvalue weighted by Gasteiger charge is -1.94. The Balaban J connectivity index is 2.67. The Kier molecular flexibility index (Phi) is 2.61. The van der Waals surface area contributed by atoms with Crippen LogP contribution in [0.15, 0.2) is 22.7 Å². The summed E-state index contributed by atoms with van der Waals surface area (Å²) in [5.41, 5.74) is 9.29. The van der Waals surface area contributed by atoms with Gasteiger partial charge < -0.3 is 10.7 Å². The average Bonchev–Trinajstić information content (AvgIpc) is 2.48. The lowest BCUT2D eigenvalue weighted by molar-refractivity contribution is 0.930. The molecule has 0 saturated heterocycles. The number of hydrogen-bond donors (Lipinski definition) is 2. The molecule has 2 aromatic rings. The summed E-state index contributed by atoms with van der Waals surface area (Å²) in [6.45, 7) is 2.82. The van der Waals surface area contributed by atoms with Crippen LogP contribution in [-0.4, -0.2) is 11.5 Å². The molecule has 0 saturated carbocycles. The zero-order valence-corrected chi connectivity index (χ0v) is 9.69. The van der Waals surface area contributed by atoms with Crippen molar-refractivity contribution in [2.24, 2.45) is 5.73 Å². The fourth-order valence-corrected chi connectivity index (χ4v) is 2.23. The Bertz CT molecular complexity index is 460. The summed E-state index contributed by atoms with van der Waals surface area (Å²) in [6, 6.07) is 6.23. The van der Waals surface area contributed by atoms with E-state index in [1.54, 1.807) is 0 Å². The molecule has 0 amide bonds. The van der Waals surface area contributed by atoms with Crippen molar-refractivity contribution in [3.8, 4) is 0 Å². The van der Waals surface area contributed by atoms with Crippen molar-refractivity contribution in [2.45, 2.75) is 13.3 Å². The first-order valence-electron chi connectivity index (χ1n) is 4.69. The first kappa shape index (κ1) is 9.74. The van der Waals surface area contributed by atoms with Crippen LogP contribution in [0.25, 0.3) is 10.9 Å². The number of para-hydroxylation sites is 1. The predicted octanol–water partition coefficient (Wildman–Crippen LogP) is 2.74. The Morgan fingerprint density at radius 1 is 1.43 bits per heavy atom. The number of nitrogens with two attached hydrogens (primary N) is 1. The topological polar surface area (TPSA) is 41.8 Å². The summed E-state index contributed by atoms with van der Waals surface area (Å²) in [5.74, 6) is 0. The number of nitrogens with one attached hydrogen (secondary N) is 1. The van der Waals surface area contributed by atoms with Gasteiger partial charge in [-0.3, -0.25) is 0 Å². The normalized spacial score (nSPS) is 11.1. The summed E-state index contributed by atoms with van der Waals surface area (Å²) in [6.07, 6.45) is 0.910. The highest BCUT2D eigenvalue weighted by molar-refractivity contribution is 9.10. The standard InChI is InChI=1S/C11H13BrN2/c1-7-8-3-2-4-9(12)11(8)14-10(7)5-6-13/h2-4,14H,5-6,13H2,1H3. The molecular weight excluding hydrogens is 240 g/mol. The number of H-pyrrole nitrogens is 1. The van der Waals surface area contributed by atoms with Crippen molar-refractivity contribution in [2.75, 3.05) is 6.54 Å². The van der Waals surface area contributed by atoms with Gasteiger partial charge in [0, 0.05) is 22.0 Å². The molecule has 0 aliphatic heterocycles. The van der Waals surface area contributed by atoms with Gasteiger partial charge in [-0.1, -0.05) is 12.1 Å². The van der Waals surface area contributed by atoms with E-state index in [9.17, 15) is 0 Å². The van der Waals surface area contributed by atoms with Crippen LogP contribution in [0.2, 0.25) is 0 Å². The second kappa shape index (κ2) is 3.75. The van der Waals surface area contributed by atoms with Gasteiger partial charge in [0.25, 0.3) is 0 Å². The fourth-order valence-electron chi connectivity index (χ4n) is 1.77. The van der Waals surface area contributed by atoms with E-state index in [2.05, 4.69) is 40.0 Å². The lowest BCUT2D eigenvalue weighted by atomic mass is 10.1. The van der Waals surface area contributed by atoms with Gasteiger partial charge in [0.2, 0.25) is 0 Å². The Hall–Kier alpha value is -0.800. The summed E-state index contributed by atoms with van der Waals surface area (Å²) in [4.78, 5) is 3.41. The largest absolute Gasteiger partial charge is 0.357 e. The van der Waals surface area contributed by atoms with Gasteiger partial charge in [0.15, 0.2) is 0 Å². The number of aromatic amines is 1. The maximum absolute atomic E-state index is 5.56. The maximum atomic E-state index is 5.56. The molecule has 0 unspecified atom stereocenters. The molecule has 3 heteroatoms. The minimum absolute atomic E-state index is 0.686. The van der Waals surface area contributed by atoms with Gasteiger partial charge in [0.05, 0.1) is 5.52 Å². The number of benzene rings is 1. The van der Waals surface area contributed by atoms with Crippen LogP contribution in [-0.2, 0) is 6.42 Å². The van der Waals surface area contributed by atoms with Crippen molar-refractivity contribution >= 4 is 26.8 Å². The van der Waals surface area contributed by atoms with Crippen LogP contribution in [0, 0.1) is 6.92 Å². The molecule has 1 heterocycles. The van der Waals surface area contributed by atoms with E-state index in [1.165, 1.54) is 22.2 Å². The van der Waals surface area contributed by atoms with Gasteiger partial charge in [-0.25, -0.2) is 0 Å². The molecule has 0 aliphatic rings. The van der Waals surface area contributed by atoms with Gasteiger partial charge >= 0.3 is 0 Å². The zero-order valence-electron chi connectivity index (χ0n) is 8.10. The summed E-state index contributed by atoms with van der Waals surface area (Å²) >= 11 is 3.53. The molecule has 0 atom stereocenters. The Morgan fingerprint density at radius 3 is 2.86 bits per heavy atom. The van der Waals surface area contributed by atoms with Crippen LogP contribution < -0.4 is 5.73 Å². The molecule has 0 bridgehead atoms. The van der Waals surface area contributed by atoms with Crippen molar-refractivity contribution in [3.63, 3.8) is 0 Å². The molecule has 3 N–H and O–H groups in total. The third-order valence-electron chi connectivity index (χ3n) is 2.54. The fraction of sp³-hybridized carbons (Fsp3) is 0.273. The molecule has 74 valence electrons. The third-order valence-corrected chi connectivity index (χ3v) is 3.20. The summed E-state index contributed by atoms with van der Waals surface area (Å²) in [5, 5.41) is 1.28. The van der Waals surface area contributed by atoms with Gasteiger partial charge in [-0.2, -0.15) is 0 Å². The van der Waals surface area contributed by atoms with Gasteiger partial charge in [-0.15, -0.1) is 0 Å². The number of hydrogen-bond acceptors (Lipinski definition) is 1. The quantitative estimate of drug-likeness (QED) is 0.848. The second-order valence-corrected chi connectivity index (χ2v) is 4.28. The summed E-state index contributed by atoms with van der Waals surface area (Å²) < 4.78 is 1.11. The SMILES string of the molecule is Cc1c(CCN)[nH]c2c(Br)cccc12. The van der Waals surface area contributed by atoms with E-state index in [0.717, 1.165) is 10.9 Å². The molecular formula is C11H13BrN2. The van der Waals surface area contributed by atoms with Crippen molar-refractivity contribution < 1.29 is 0 Å². The number of fused-ring (bicyclic) bond motifs is 1. The van der Waals surface area contributed by atoms with Crippen LogP contribution in [0.1, 0.15) is 11.3 Å². The Morgan fingerprint density at radius 2 is 2.21 bits per heavy atom. The van der Waals surface area contributed by atoms with Crippen LogP contribution in [0.5, 0.6) is 0 Å². The highest BCUT2D eigenvalue weighted by Gasteiger charge is 2.08. The second-order valence-electron chi connectivity index (χ2n) is 3.43. The first-order valence-corrected chi connectivity index (χ1v) is 5.49. The highest BCUT2D eigenvalue weighted by Crippen LogP contribution is 2.27. The molecule has 0 spiro atoms. The number of aryl methyl sites for hydroxylation is 1. The molecule has 2 nitrogen and oxygen atoms in total. The highest BCUT2D eigenvalue weighted by atomic mass is 79.9. The summed E-state index contributed by atoms with van der Waals surface area (Å²) in [7, 11) is 0. The molecule has 0 fully saturated rings. The van der Waals surface area contributed by atoms with E-state index in [4.69, 9.17) is 5.73 Å². The van der Waals surface area contributed by atoms with Crippen LogP contribution in [0.4, 0.5) is 0 Å². The van der Waals surface area contributed by atoms with Crippen molar-refractivity contribution in [1.29, 1.82) is 0 Å². The van der Waals surface area contributed by atoms with E-state index in [-0.39, 0.29) is 0 Å². The molecule has 2 rings (SSSR count). The number of halogens is 1. The zero-order chi connectivity index (χ0) is 10.1. The molecule has 0 aliphatic carbocycles. The minimum atomic E-state index is 0.686. The van der Waals surface area contributed by atoms with Crippen molar-refractivity contribution in [3.05, 3.63) is 33.9 Å². The van der Waals surface area contributed by atoms with Gasteiger partial charge in [-0.05, 0) is 41.0 Å². The molecule has 0 radical (unpaired) electrons. The molecule has 1 aromatic carbocycles. The Labute approximate surface area is 91.6 Å². The van der Waals surface area contributed by atoms with Crippen LogP contribution in [0.3, 0.4) is 0 Å². The smallest absolute Gasteiger partial charge is 0.0603 e. The molecule has 1 aromatic heterocycles. The van der Waals surface area contributed by atoms with Gasteiger partial charge in [0.1, 0.15) is 0 Å². The van der Waals surface area contributed by atoms with E-state index >= 15 is 0 Å². The average molecular weight is 253 g/mol. The van der Waals surface area contributed by atoms with E-state index in [0.29, 0.717) is 6.54 Å².